The molecule has 2 nitrogen and oxygen atoms in total. The maximum absolute atomic E-state index is 6.37. The molecular formula is C15H19Cl2NO. The summed E-state index contributed by atoms with van der Waals surface area (Å²) in [6.07, 6.45) is 6.47. The molecule has 0 amide bonds. The Morgan fingerprint density at radius 3 is 2.63 bits per heavy atom. The van der Waals surface area contributed by atoms with Crippen LogP contribution >= 0.6 is 23.2 Å². The second-order valence-electron chi connectivity index (χ2n) is 4.95. The van der Waals surface area contributed by atoms with Crippen molar-refractivity contribution in [3.8, 4) is 0 Å². The first-order valence-corrected chi connectivity index (χ1v) is 7.24. The van der Waals surface area contributed by atoms with Gasteiger partial charge in [0.05, 0.1) is 6.61 Å². The van der Waals surface area contributed by atoms with Crippen molar-refractivity contribution in [1.29, 1.82) is 0 Å². The molecule has 104 valence electrons. The fourth-order valence-electron chi connectivity index (χ4n) is 2.58. The molecular weight excluding hydrogens is 281 g/mol. The lowest BCUT2D eigenvalue weighted by Crippen LogP contribution is -2.37. The number of ether oxygens (including phenoxy) is 1. The third kappa shape index (κ3) is 3.51. The van der Waals surface area contributed by atoms with E-state index in [4.69, 9.17) is 27.9 Å². The third-order valence-electron chi connectivity index (χ3n) is 3.63. The zero-order chi connectivity index (χ0) is 13.7. The van der Waals surface area contributed by atoms with E-state index in [1.165, 1.54) is 5.56 Å². The molecule has 4 heteroatoms. The van der Waals surface area contributed by atoms with Gasteiger partial charge in [0, 0.05) is 35.7 Å². The van der Waals surface area contributed by atoms with Crippen LogP contribution in [0.2, 0.25) is 10.0 Å². The lowest BCUT2D eigenvalue weighted by molar-refractivity contribution is 0.196. The Morgan fingerprint density at radius 1 is 1.26 bits per heavy atom. The molecule has 1 aromatic rings. The maximum Gasteiger partial charge on any atom is 0.0587 e. The Balaban J connectivity index is 2.14. The van der Waals surface area contributed by atoms with Gasteiger partial charge in [0.2, 0.25) is 0 Å². The van der Waals surface area contributed by atoms with Gasteiger partial charge in [0.25, 0.3) is 0 Å². The first kappa shape index (κ1) is 14.9. The summed E-state index contributed by atoms with van der Waals surface area (Å²) in [7, 11) is 1.71. The summed E-state index contributed by atoms with van der Waals surface area (Å²) in [6, 6.07) is 5.79. The smallest absolute Gasteiger partial charge is 0.0587 e. The SMILES string of the molecule is COCCNCC1(c2ccc(Cl)cc2Cl)CC=CC1. The fraction of sp³-hybridized carbons (Fsp3) is 0.467. The molecule has 1 aromatic carbocycles. The normalized spacial score (nSPS) is 17.0. The average molecular weight is 300 g/mol. The standard InChI is InChI=1S/C15H19Cl2NO/c1-19-9-8-18-11-15(6-2-3-7-15)13-5-4-12(16)10-14(13)17/h2-5,10,18H,6-9,11H2,1H3. The van der Waals surface area contributed by atoms with Crippen LogP contribution in [0.4, 0.5) is 0 Å². The van der Waals surface area contributed by atoms with Crippen LogP contribution in [0.3, 0.4) is 0 Å². The van der Waals surface area contributed by atoms with Crippen LogP contribution in [-0.2, 0) is 10.2 Å². The van der Waals surface area contributed by atoms with Crippen LogP contribution in [-0.4, -0.2) is 26.8 Å². The van der Waals surface area contributed by atoms with Crippen LogP contribution in [0.5, 0.6) is 0 Å². The van der Waals surface area contributed by atoms with Gasteiger partial charge < -0.3 is 10.1 Å². The minimum Gasteiger partial charge on any atom is -0.383 e. The second kappa shape index (κ2) is 6.76. The van der Waals surface area contributed by atoms with Gasteiger partial charge in [-0.15, -0.1) is 0 Å². The second-order valence-corrected chi connectivity index (χ2v) is 5.80. The van der Waals surface area contributed by atoms with Gasteiger partial charge in [-0.25, -0.2) is 0 Å². The molecule has 0 saturated heterocycles. The van der Waals surface area contributed by atoms with E-state index in [0.29, 0.717) is 5.02 Å². The van der Waals surface area contributed by atoms with Crippen LogP contribution in [0.1, 0.15) is 18.4 Å². The van der Waals surface area contributed by atoms with Crippen molar-refractivity contribution < 1.29 is 4.74 Å². The van der Waals surface area contributed by atoms with Gasteiger partial charge in [-0.3, -0.25) is 0 Å². The fourth-order valence-corrected chi connectivity index (χ4v) is 3.19. The van der Waals surface area contributed by atoms with Crippen LogP contribution in [0, 0.1) is 0 Å². The van der Waals surface area contributed by atoms with Gasteiger partial charge in [0.15, 0.2) is 0 Å². The number of hydrogen-bond donors (Lipinski definition) is 1. The molecule has 0 heterocycles. The number of methoxy groups -OCH3 is 1. The highest BCUT2D eigenvalue weighted by Crippen LogP contribution is 2.40. The number of nitrogens with one attached hydrogen (secondary N) is 1. The van der Waals surface area contributed by atoms with E-state index in [0.717, 1.165) is 37.6 Å². The molecule has 0 bridgehead atoms. The van der Waals surface area contributed by atoms with E-state index in [1.54, 1.807) is 7.11 Å². The number of halogens is 2. The minimum absolute atomic E-state index is 0.0510. The molecule has 0 aliphatic heterocycles. The zero-order valence-electron chi connectivity index (χ0n) is 11.1. The molecule has 0 aromatic heterocycles. The van der Waals surface area contributed by atoms with Crippen molar-refractivity contribution in [3.05, 3.63) is 46.0 Å². The Kier molecular flexibility index (Phi) is 5.28. The van der Waals surface area contributed by atoms with Crippen LogP contribution < -0.4 is 5.32 Å². The Bertz CT molecular complexity index is 451. The largest absolute Gasteiger partial charge is 0.383 e. The van der Waals surface area contributed by atoms with E-state index in [-0.39, 0.29) is 5.41 Å². The van der Waals surface area contributed by atoms with Crippen molar-refractivity contribution in [1.82, 2.24) is 5.32 Å². The number of benzene rings is 1. The highest BCUT2D eigenvalue weighted by Gasteiger charge is 2.34. The first-order valence-electron chi connectivity index (χ1n) is 6.48. The molecule has 1 N–H and O–H groups in total. The van der Waals surface area contributed by atoms with Crippen LogP contribution in [0.15, 0.2) is 30.4 Å². The van der Waals surface area contributed by atoms with E-state index in [1.807, 2.05) is 12.1 Å². The van der Waals surface area contributed by atoms with Crippen molar-refractivity contribution in [2.45, 2.75) is 18.3 Å². The molecule has 0 fully saturated rings. The molecule has 2 rings (SSSR count). The first-order chi connectivity index (χ1) is 9.18. The highest BCUT2D eigenvalue weighted by molar-refractivity contribution is 6.35. The lowest BCUT2D eigenvalue weighted by atomic mass is 9.78. The molecule has 0 radical (unpaired) electrons. The predicted octanol–water partition coefficient (Wildman–Crippen LogP) is 3.82. The van der Waals surface area contributed by atoms with E-state index in [2.05, 4.69) is 23.5 Å². The van der Waals surface area contributed by atoms with Crippen molar-refractivity contribution in [2.75, 3.05) is 26.8 Å². The third-order valence-corrected chi connectivity index (χ3v) is 4.18. The molecule has 19 heavy (non-hydrogen) atoms. The molecule has 1 aliphatic rings. The zero-order valence-corrected chi connectivity index (χ0v) is 12.6. The number of allylic oxidation sites excluding steroid dienone is 2. The summed E-state index contributed by atoms with van der Waals surface area (Å²) in [5.41, 5.74) is 1.23. The van der Waals surface area contributed by atoms with Gasteiger partial charge >= 0.3 is 0 Å². The molecule has 0 saturated carbocycles. The highest BCUT2D eigenvalue weighted by atomic mass is 35.5. The van der Waals surface area contributed by atoms with Crippen molar-refractivity contribution in [2.24, 2.45) is 0 Å². The van der Waals surface area contributed by atoms with E-state index >= 15 is 0 Å². The molecule has 1 aliphatic carbocycles. The van der Waals surface area contributed by atoms with Crippen molar-refractivity contribution in [3.63, 3.8) is 0 Å². The number of rotatable bonds is 6. The molecule has 0 unspecified atom stereocenters. The molecule has 0 atom stereocenters. The Hall–Kier alpha value is -0.540. The summed E-state index contributed by atoms with van der Waals surface area (Å²) < 4.78 is 5.06. The monoisotopic (exact) mass is 299 g/mol. The van der Waals surface area contributed by atoms with E-state index in [9.17, 15) is 0 Å². The topological polar surface area (TPSA) is 21.3 Å². The van der Waals surface area contributed by atoms with Gasteiger partial charge in [-0.1, -0.05) is 41.4 Å². The lowest BCUT2D eigenvalue weighted by Gasteiger charge is -2.31. The summed E-state index contributed by atoms with van der Waals surface area (Å²) in [5, 5.41) is 4.89. The van der Waals surface area contributed by atoms with Crippen molar-refractivity contribution >= 4 is 23.2 Å². The summed E-state index contributed by atoms with van der Waals surface area (Å²) in [6.45, 7) is 2.46. The van der Waals surface area contributed by atoms with E-state index < -0.39 is 0 Å². The van der Waals surface area contributed by atoms with Gasteiger partial charge in [-0.05, 0) is 30.5 Å². The number of hydrogen-bond acceptors (Lipinski definition) is 2. The predicted molar refractivity (Wildman–Crippen MR) is 81.3 cm³/mol. The summed E-state index contributed by atoms with van der Waals surface area (Å²) >= 11 is 12.4. The molecule has 0 spiro atoms. The Morgan fingerprint density at radius 2 is 2.00 bits per heavy atom. The quantitative estimate of drug-likeness (QED) is 0.637. The Labute approximate surface area is 124 Å². The summed E-state index contributed by atoms with van der Waals surface area (Å²) in [4.78, 5) is 0. The summed E-state index contributed by atoms with van der Waals surface area (Å²) in [5.74, 6) is 0. The average Bonchev–Trinajstić information content (AvgIpc) is 2.84. The minimum atomic E-state index is 0.0510. The van der Waals surface area contributed by atoms with Gasteiger partial charge in [-0.2, -0.15) is 0 Å². The van der Waals surface area contributed by atoms with Crippen LogP contribution in [0.25, 0.3) is 0 Å². The van der Waals surface area contributed by atoms with Gasteiger partial charge in [0.1, 0.15) is 0 Å². The maximum atomic E-state index is 6.37.